The molecule has 20 heavy (non-hydrogen) atoms. The predicted octanol–water partition coefficient (Wildman–Crippen LogP) is 2.74. The van der Waals surface area contributed by atoms with Gasteiger partial charge in [0.15, 0.2) is 11.5 Å². The number of nitriles is 1. The summed E-state index contributed by atoms with van der Waals surface area (Å²) in [5.41, 5.74) is 0.260. The van der Waals surface area contributed by atoms with Crippen LogP contribution >= 0.6 is 0 Å². The van der Waals surface area contributed by atoms with E-state index in [1.165, 1.54) is 18.2 Å². The molecule has 0 radical (unpaired) electrons. The van der Waals surface area contributed by atoms with Crippen LogP contribution in [-0.4, -0.2) is 12.2 Å². The highest BCUT2D eigenvalue weighted by atomic mass is 19.3. The molecule has 1 aromatic carbocycles. The lowest BCUT2D eigenvalue weighted by Gasteiger charge is -2.13. The van der Waals surface area contributed by atoms with Crippen LogP contribution in [0.15, 0.2) is 18.2 Å². The number of carbonyl (C=O) groups is 1. The van der Waals surface area contributed by atoms with Crippen molar-refractivity contribution in [1.82, 2.24) is 0 Å². The number of nitrogens with one attached hydrogen (secondary N) is 1. The highest BCUT2D eigenvalue weighted by Crippen LogP contribution is 2.42. The summed E-state index contributed by atoms with van der Waals surface area (Å²) in [6, 6.07) is 5.79. The van der Waals surface area contributed by atoms with Gasteiger partial charge in [0.25, 0.3) is 0 Å². The molecule has 0 saturated heterocycles. The fourth-order valence-corrected chi connectivity index (χ4v) is 1.76. The Bertz CT molecular complexity index is 581. The van der Waals surface area contributed by atoms with E-state index >= 15 is 0 Å². The van der Waals surface area contributed by atoms with E-state index in [2.05, 4.69) is 14.8 Å². The molecule has 1 heterocycles. The molecule has 106 valence electrons. The number of amides is 1. The number of hydrogen-bond acceptors (Lipinski definition) is 4. The molecule has 1 aromatic rings. The van der Waals surface area contributed by atoms with E-state index < -0.39 is 18.1 Å². The summed E-state index contributed by atoms with van der Waals surface area (Å²) in [4.78, 5) is 11.9. The Balaban J connectivity index is 2.13. The molecule has 1 amide bonds. The van der Waals surface area contributed by atoms with Gasteiger partial charge in [0.2, 0.25) is 5.91 Å². The average molecular weight is 282 g/mol. The Labute approximate surface area is 114 Å². The van der Waals surface area contributed by atoms with Gasteiger partial charge in [0.1, 0.15) is 5.92 Å². The second-order valence-electron chi connectivity index (χ2n) is 4.67. The fraction of sp³-hybridized carbons (Fsp3) is 0.385. The summed E-state index contributed by atoms with van der Waals surface area (Å²) >= 11 is 0. The van der Waals surface area contributed by atoms with Crippen LogP contribution in [0.2, 0.25) is 0 Å². The molecule has 0 fully saturated rings. The maximum atomic E-state index is 12.8. The number of fused-ring (bicyclic) bond motifs is 1. The Morgan fingerprint density at radius 1 is 1.35 bits per heavy atom. The molecule has 1 atom stereocenters. The van der Waals surface area contributed by atoms with E-state index in [0.717, 1.165) is 0 Å². The van der Waals surface area contributed by atoms with Gasteiger partial charge in [-0.05, 0) is 18.1 Å². The van der Waals surface area contributed by atoms with Crippen LogP contribution in [0.1, 0.15) is 13.8 Å². The maximum absolute atomic E-state index is 12.8. The molecule has 0 bridgehead atoms. The number of halogens is 2. The molecule has 5 nitrogen and oxygen atoms in total. The third-order valence-corrected chi connectivity index (χ3v) is 2.76. The van der Waals surface area contributed by atoms with Gasteiger partial charge in [-0.15, -0.1) is 8.78 Å². The predicted molar refractivity (Wildman–Crippen MR) is 65.2 cm³/mol. The summed E-state index contributed by atoms with van der Waals surface area (Å²) in [6.45, 7) is 3.49. The van der Waals surface area contributed by atoms with E-state index in [0.29, 0.717) is 0 Å². The van der Waals surface area contributed by atoms with Gasteiger partial charge in [0.05, 0.1) is 6.07 Å². The number of carbonyl (C=O) groups excluding carboxylic acids is 1. The molecule has 1 unspecified atom stereocenters. The smallest absolute Gasteiger partial charge is 0.395 e. The van der Waals surface area contributed by atoms with E-state index in [-0.39, 0.29) is 23.1 Å². The Morgan fingerprint density at radius 2 is 2.00 bits per heavy atom. The van der Waals surface area contributed by atoms with Crippen LogP contribution in [0.3, 0.4) is 0 Å². The van der Waals surface area contributed by atoms with Crippen molar-refractivity contribution in [3.05, 3.63) is 18.2 Å². The molecular weight excluding hydrogens is 270 g/mol. The third-order valence-electron chi connectivity index (χ3n) is 2.76. The topological polar surface area (TPSA) is 71.4 Å². The highest BCUT2D eigenvalue weighted by Gasteiger charge is 2.43. The first-order valence-corrected chi connectivity index (χ1v) is 5.93. The molecule has 0 spiro atoms. The first-order chi connectivity index (χ1) is 9.32. The summed E-state index contributed by atoms with van der Waals surface area (Å²) in [5.74, 6) is -1.73. The number of benzene rings is 1. The minimum atomic E-state index is -3.70. The normalized spacial score (nSPS) is 16.6. The van der Waals surface area contributed by atoms with Crippen LogP contribution < -0.4 is 14.8 Å². The average Bonchev–Trinajstić information content (AvgIpc) is 2.62. The van der Waals surface area contributed by atoms with Gasteiger partial charge < -0.3 is 14.8 Å². The van der Waals surface area contributed by atoms with Gasteiger partial charge >= 0.3 is 6.29 Å². The van der Waals surface area contributed by atoms with E-state index in [1.54, 1.807) is 13.8 Å². The van der Waals surface area contributed by atoms with Crippen molar-refractivity contribution in [2.24, 2.45) is 11.8 Å². The number of rotatable bonds is 3. The quantitative estimate of drug-likeness (QED) is 0.925. The Hall–Kier alpha value is -2.36. The summed E-state index contributed by atoms with van der Waals surface area (Å²) in [5, 5.41) is 11.4. The monoisotopic (exact) mass is 282 g/mol. The molecule has 7 heteroatoms. The van der Waals surface area contributed by atoms with Crippen molar-refractivity contribution in [3.63, 3.8) is 0 Å². The summed E-state index contributed by atoms with van der Waals surface area (Å²) in [6.07, 6.45) is -3.70. The first kappa shape index (κ1) is 14.1. The van der Waals surface area contributed by atoms with Gasteiger partial charge in [-0.3, -0.25) is 4.79 Å². The van der Waals surface area contributed by atoms with Crippen LogP contribution in [-0.2, 0) is 4.79 Å². The summed E-state index contributed by atoms with van der Waals surface area (Å²) in [7, 11) is 0. The third kappa shape index (κ3) is 2.79. The molecule has 0 saturated carbocycles. The standard InChI is InChI=1S/C13H12F2N2O3/c1-7(2)9(6-16)12(18)17-8-3-4-10-11(5-8)20-13(14,15)19-10/h3-5,7,9H,1-2H3,(H,17,18). The van der Waals surface area contributed by atoms with Crippen LogP contribution in [0.4, 0.5) is 14.5 Å². The number of hydrogen-bond donors (Lipinski definition) is 1. The second-order valence-corrected chi connectivity index (χ2v) is 4.67. The fourth-order valence-electron chi connectivity index (χ4n) is 1.76. The number of alkyl halides is 2. The zero-order chi connectivity index (χ0) is 14.9. The van der Waals surface area contributed by atoms with Crippen molar-refractivity contribution in [1.29, 1.82) is 5.26 Å². The summed E-state index contributed by atoms with van der Waals surface area (Å²) < 4.78 is 34.2. The van der Waals surface area contributed by atoms with Gasteiger partial charge in [-0.25, -0.2) is 0 Å². The lowest BCUT2D eigenvalue weighted by molar-refractivity contribution is -0.286. The second kappa shape index (κ2) is 4.96. The van der Waals surface area contributed by atoms with E-state index in [4.69, 9.17) is 5.26 Å². The van der Waals surface area contributed by atoms with Crippen LogP contribution in [0.25, 0.3) is 0 Å². The number of ether oxygens (including phenoxy) is 2. The first-order valence-electron chi connectivity index (χ1n) is 5.93. The lowest BCUT2D eigenvalue weighted by atomic mass is 9.96. The highest BCUT2D eigenvalue weighted by molar-refractivity contribution is 5.94. The lowest BCUT2D eigenvalue weighted by Crippen LogP contribution is -2.26. The maximum Gasteiger partial charge on any atom is 0.586 e. The van der Waals surface area contributed by atoms with Crippen molar-refractivity contribution in [2.45, 2.75) is 20.1 Å². The van der Waals surface area contributed by atoms with Crippen molar-refractivity contribution in [2.75, 3.05) is 5.32 Å². The number of nitrogens with zero attached hydrogens (tertiary/aromatic N) is 1. The van der Waals surface area contributed by atoms with Crippen LogP contribution in [0, 0.1) is 23.2 Å². The molecule has 1 aliphatic rings. The number of anilines is 1. The minimum absolute atomic E-state index is 0.103. The van der Waals surface area contributed by atoms with Crippen LogP contribution in [0.5, 0.6) is 11.5 Å². The van der Waals surface area contributed by atoms with Crippen molar-refractivity contribution < 1.29 is 23.0 Å². The Kier molecular flexibility index (Phi) is 3.49. The van der Waals surface area contributed by atoms with E-state index in [1.807, 2.05) is 6.07 Å². The molecule has 1 aliphatic heterocycles. The molecule has 0 aliphatic carbocycles. The minimum Gasteiger partial charge on any atom is -0.395 e. The van der Waals surface area contributed by atoms with Gasteiger partial charge in [-0.2, -0.15) is 5.26 Å². The molecule has 0 aromatic heterocycles. The van der Waals surface area contributed by atoms with Crippen molar-refractivity contribution in [3.8, 4) is 17.6 Å². The van der Waals surface area contributed by atoms with E-state index in [9.17, 15) is 13.6 Å². The zero-order valence-electron chi connectivity index (χ0n) is 10.8. The zero-order valence-corrected chi connectivity index (χ0v) is 10.8. The largest absolute Gasteiger partial charge is 0.586 e. The SMILES string of the molecule is CC(C)C(C#N)C(=O)Nc1ccc2c(c1)OC(F)(F)O2. The molecule has 1 N–H and O–H groups in total. The molecule has 2 rings (SSSR count). The Morgan fingerprint density at radius 3 is 2.60 bits per heavy atom. The van der Waals surface area contributed by atoms with Gasteiger partial charge in [0, 0.05) is 11.8 Å². The van der Waals surface area contributed by atoms with Gasteiger partial charge in [-0.1, -0.05) is 13.8 Å². The van der Waals surface area contributed by atoms with Crippen molar-refractivity contribution >= 4 is 11.6 Å². The molecular formula is C13H12F2N2O3.